The van der Waals surface area contributed by atoms with Crippen LogP contribution in [0.1, 0.15) is 67.5 Å². The number of aromatic hydroxyl groups is 2. The summed E-state index contributed by atoms with van der Waals surface area (Å²) in [5.41, 5.74) is 6.29. The summed E-state index contributed by atoms with van der Waals surface area (Å²) < 4.78 is 8.75. The van der Waals surface area contributed by atoms with E-state index in [0.717, 1.165) is 57.7 Å². The van der Waals surface area contributed by atoms with Gasteiger partial charge >= 0.3 is 0 Å². The number of nitrogens with zero attached hydrogens (tertiary/aromatic N) is 1. The maximum absolute atomic E-state index is 10.0. The third-order valence-electron chi connectivity index (χ3n) is 6.30. The van der Waals surface area contributed by atoms with E-state index in [1.807, 2.05) is 58.0 Å². The van der Waals surface area contributed by atoms with Crippen LogP contribution in [0.15, 0.2) is 70.2 Å². The van der Waals surface area contributed by atoms with Crippen molar-refractivity contribution in [3.05, 3.63) is 104 Å². The number of hydrogen-bond donors (Lipinski definition) is 2. The highest BCUT2D eigenvalue weighted by Gasteiger charge is 2.30. The lowest BCUT2D eigenvalue weighted by Gasteiger charge is -2.35. The number of fused-ring (bicyclic) bond motifs is 1. The summed E-state index contributed by atoms with van der Waals surface area (Å²) in [4.78, 5) is 10.7. The first kappa shape index (κ1) is 30.7. The van der Waals surface area contributed by atoms with Gasteiger partial charge in [0.25, 0.3) is 0 Å². The molecule has 6 heteroatoms. The van der Waals surface area contributed by atoms with Crippen molar-refractivity contribution >= 4 is 24.1 Å². The fraction of sp³-hybridized carbons (Fsp3) is 0.312. The average molecular weight is 534 g/mol. The van der Waals surface area contributed by atoms with Crippen LogP contribution in [0.3, 0.4) is 0 Å². The Labute approximate surface area is 231 Å². The van der Waals surface area contributed by atoms with Gasteiger partial charge in [0.05, 0.1) is 11.9 Å². The Hall–Kier alpha value is -3.51. The van der Waals surface area contributed by atoms with E-state index >= 15 is 0 Å². The second-order valence-corrected chi connectivity index (χ2v) is 10.8. The minimum Gasteiger partial charge on any atom is -0.508 e. The lowest BCUT2D eigenvalue weighted by Crippen LogP contribution is -2.33. The predicted molar refractivity (Wildman–Crippen MR) is 162 cm³/mol. The van der Waals surface area contributed by atoms with Crippen molar-refractivity contribution in [2.24, 2.45) is 4.58 Å². The summed E-state index contributed by atoms with van der Waals surface area (Å²) in [6.45, 7) is 14.0. The van der Waals surface area contributed by atoms with Gasteiger partial charge in [-0.1, -0.05) is 54.6 Å². The van der Waals surface area contributed by atoms with Crippen LogP contribution in [0.25, 0.3) is 12.2 Å². The molecule has 38 heavy (non-hydrogen) atoms. The van der Waals surface area contributed by atoms with Crippen LogP contribution in [-0.2, 0) is 6.42 Å². The molecule has 1 aliphatic rings. The quantitative estimate of drug-likeness (QED) is 0.258. The number of nitroso groups, excluding NO2 is 1. The number of hydrogen-bond acceptors (Lipinski definition) is 6. The Morgan fingerprint density at radius 3 is 2.16 bits per heavy atom. The second-order valence-electron chi connectivity index (χ2n) is 9.82. The third kappa shape index (κ3) is 9.10. The molecular weight excluding hydrogens is 494 g/mol. The van der Waals surface area contributed by atoms with Gasteiger partial charge in [0.1, 0.15) is 22.8 Å². The summed E-state index contributed by atoms with van der Waals surface area (Å²) in [7, 11) is 0. The average Bonchev–Trinajstić information content (AvgIpc) is 2.89. The number of phenolic OH excluding ortho intramolecular Hbond substituents is 2. The zero-order valence-electron chi connectivity index (χ0n) is 23.4. The maximum Gasteiger partial charge on any atom is 0.127 e. The van der Waals surface area contributed by atoms with E-state index in [1.54, 1.807) is 31.2 Å². The molecule has 3 aromatic carbocycles. The van der Waals surface area contributed by atoms with Gasteiger partial charge in [-0.25, -0.2) is 0 Å². The molecule has 2 N–H and O–H groups in total. The molecule has 0 spiro atoms. The molecule has 0 fully saturated rings. The van der Waals surface area contributed by atoms with E-state index < -0.39 is 0 Å². The molecule has 0 aliphatic carbocycles. The standard InChI is InChI=1S/C14H20O2.C9H9NO2S.C9H10/c1-8-9(2)13-11(10(3)12(8)15)6-7-14(4,5)16-13;1-7(13-10-12)6-8-2-4-9(11)5-3-8;1-2-6-9-7-4-3-5-8-9/h15H,6-7H2,1-5H3;2-6,11H,1H3;2-8H,1H3/b;7-6-;6-2+. The minimum absolute atomic E-state index is 0.0897. The van der Waals surface area contributed by atoms with E-state index in [0.29, 0.717) is 5.75 Å². The Morgan fingerprint density at radius 1 is 0.947 bits per heavy atom. The van der Waals surface area contributed by atoms with E-state index in [-0.39, 0.29) is 11.4 Å². The van der Waals surface area contributed by atoms with Gasteiger partial charge in [-0.05, 0) is 107 Å². The second kappa shape index (κ2) is 14.4. The highest BCUT2D eigenvalue weighted by Crippen LogP contribution is 2.42. The number of phenols is 2. The van der Waals surface area contributed by atoms with Gasteiger partial charge in [0, 0.05) is 15.1 Å². The zero-order chi connectivity index (χ0) is 28.3. The molecule has 1 aliphatic heterocycles. The number of rotatable bonds is 4. The van der Waals surface area contributed by atoms with Crippen LogP contribution in [0.4, 0.5) is 0 Å². The molecule has 0 saturated heterocycles. The zero-order valence-corrected chi connectivity index (χ0v) is 24.2. The van der Waals surface area contributed by atoms with Crippen molar-refractivity contribution < 1.29 is 14.9 Å². The van der Waals surface area contributed by atoms with Crippen LogP contribution in [0.5, 0.6) is 17.2 Å². The van der Waals surface area contributed by atoms with Crippen molar-refractivity contribution in [1.82, 2.24) is 0 Å². The topological polar surface area (TPSA) is 79.1 Å². The summed E-state index contributed by atoms with van der Waals surface area (Å²) in [5, 5.41) is 19.0. The maximum atomic E-state index is 10.0. The molecule has 0 atom stereocenters. The molecule has 202 valence electrons. The Bertz CT molecular complexity index is 1260. The molecule has 3 aromatic rings. The van der Waals surface area contributed by atoms with Crippen LogP contribution in [-0.4, -0.2) is 15.8 Å². The van der Waals surface area contributed by atoms with Crippen molar-refractivity contribution in [3.8, 4) is 17.2 Å². The summed E-state index contributed by atoms with van der Waals surface area (Å²) >= 11 is 0.898. The van der Waals surface area contributed by atoms with Crippen molar-refractivity contribution in [2.45, 2.75) is 66.9 Å². The molecule has 0 unspecified atom stereocenters. The van der Waals surface area contributed by atoms with Crippen molar-refractivity contribution in [3.63, 3.8) is 0 Å². The van der Waals surface area contributed by atoms with Crippen molar-refractivity contribution in [1.29, 1.82) is 0 Å². The first-order valence-corrected chi connectivity index (χ1v) is 13.4. The Morgan fingerprint density at radius 2 is 1.58 bits per heavy atom. The molecule has 0 saturated carbocycles. The predicted octanol–water partition coefficient (Wildman–Crippen LogP) is 9.31. The largest absolute Gasteiger partial charge is 0.508 e. The van der Waals surface area contributed by atoms with Crippen molar-refractivity contribution in [2.75, 3.05) is 0 Å². The van der Waals surface area contributed by atoms with E-state index in [2.05, 4.69) is 36.6 Å². The van der Waals surface area contributed by atoms with Gasteiger partial charge in [-0.3, -0.25) is 0 Å². The van der Waals surface area contributed by atoms with Crippen LogP contribution >= 0.6 is 11.9 Å². The SMILES string of the molecule is C/C(=C/c1ccc(O)cc1)SN=O.C/C=C/c1ccccc1.Cc1c(C)c2c(c(C)c1O)CCC(C)(C)O2. The summed E-state index contributed by atoms with van der Waals surface area (Å²) in [6.07, 6.45) is 7.94. The molecular formula is C32H39NO4S. The molecule has 0 radical (unpaired) electrons. The summed E-state index contributed by atoms with van der Waals surface area (Å²) in [5.74, 6) is 1.65. The van der Waals surface area contributed by atoms with Crippen LogP contribution in [0.2, 0.25) is 0 Å². The normalized spacial score (nSPS) is 13.8. The first-order valence-electron chi connectivity index (χ1n) is 12.6. The molecule has 0 aromatic heterocycles. The Balaban J connectivity index is 0.000000208. The number of allylic oxidation sites excluding steroid dienone is 2. The molecule has 1 heterocycles. The fourth-order valence-corrected chi connectivity index (χ4v) is 4.31. The Kier molecular flexibility index (Phi) is 11.7. The van der Waals surface area contributed by atoms with E-state index in [4.69, 9.17) is 9.84 Å². The lowest BCUT2D eigenvalue weighted by molar-refractivity contribution is 0.0831. The van der Waals surface area contributed by atoms with Gasteiger partial charge < -0.3 is 14.9 Å². The lowest BCUT2D eigenvalue weighted by atomic mass is 9.88. The van der Waals surface area contributed by atoms with Gasteiger partial charge in [-0.15, -0.1) is 4.91 Å². The summed E-state index contributed by atoms with van der Waals surface area (Å²) in [6, 6.07) is 17.0. The monoisotopic (exact) mass is 533 g/mol. The highest BCUT2D eigenvalue weighted by molar-refractivity contribution is 8.01. The molecule has 0 bridgehead atoms. The minimum atomic E-state index is -0.0897. The van der Waals surface area contributed by atoms with Crippen LogP contribution < -0.4 is 4.74 Å². The molecule has 5 nitrogen and oxygen atoms in total. The number of ether oxygens (including phenoxy) is 1. The van der Waals surface area contributed by atoms with Gasteiger partial charge in [0.15, 0.2) is 0 Å². The van der Waals surface area contributed by atoms with Crippen LogP contribution in [0, 0.1) is 25.7 Å². The first-order chi connectivity index (χ1) is 18.0. The fourth-order valence-electron chi connectivity index (χ4n) is 4.01. The van der Waals surface area contributed by atoms with Gasteiger partial charge in [-0.2, -0.15) is 0 Å². The number of benzene rings is 3. The highest BCUT2D eigenvalue weighted by atomic mass is 32.2. The van der Waals surface area contributed by atoms with E-state index in [1.165, 1.54) is 11.1 Å². The smallest absolute Gasteiger partial charge is 0.127 e. The third-order valence-corrected chi connectivity index (χ3v) is 6.78. The molecule has 0 amide bonds. The van der Waals surface area contributed by atoms with Gasteiger partial charge in [0.2, 0.25) is 0 Å². The van der Waals surface area contributed by atoms with E-state index in [9.17, 15) is 10.0 Å². The molecule has 4 rings (SSSR count).